The Morgan fingerprint density at radius 2 is 1.96 bits per heavy atom. The molecule has 1 aliphatic rings. The Morgan fingerprint density at radius 3 is 2.79 bits per heavy atom. The molecule has 124 valence electrons. The van der Waals surface area contributed by atoms with Crippen molar-refractivity contribution in [3.05, 3.63) is 60.2 Å². The largest absolute Gasteiger partial charge is 0.373 e. The number of hydrogen-bond donors (Lipinski definition) is 0. The smallest absolute Gasteiger partial charge is 0.158 e. The minimum absolute atomic E-state index is 0.00772. The van der Waals surface area contributed by atoms with E-state index in [-0.39, 0.29) is 18.2 Å². The molecule has 0 bridgehead atoms. The topological polar surface area (TPSA) is 49.2 Å². The zero-order chi connectivity index (χ0) is 16.4. The number of rotatable bonds is 5. The predicted octanol–water partition coefficient (Wildman–Crippen LogP) is 3.74. The number of aromatic nitrogens is 3. The molecule has 0 radical (unpaired) electrons. The Kier molecular flexibility index (Phi) is 4.28. The summed E-state index contributed by atoms with van der Waals surface area (Å²) in [5.41, 5.74) is 3.07. The minimum atomic E-state index is -0.158. The van der Waals surface area contributed by atoms with Crippen molar-refractivity contribution in [2.24, 2.45) is 5.92 Å². The Hall–Kier alpha value is -2.24. The van der Waals surface area contributed by atoms with Crippen LogP contribution in [0, 0.1) is 5.92 Å². The van der Waals surface area contributed by atoms with Crippen molar-refractivity contribution < 1.29 is 9.47 Å². The molecular formula is C19H21N3O2. The molecule has 1 aliphatic heterocycles. The summed E-state index contributed by atoms with van der Waals surface area (Å²) in [4.78, 5) is 0. The molecule has 0 amide bonds. The van der Waals surface area contributed by atoms with Crippen molar-refractivity contribution >= 4 is 11.0 Å². The number of ether oxygens (including phenoxy) is 2. The van der Waals surface area contributed by atoms with Gasteiger partial charge in [0.05, 0.1) is 11.6 Å². The molecule has 3 atom stereocenters. The highest BCUT2D eigenvalue weighted by molar-refractivity contribution is 5.73. The highest BCUT2D eigenvalue weighted by Gasteiger charge is 2.38. The van der Waals surface area contributed by atoms with Crippen LogP contribution in [0.2, 0.25) is 0 Å². The lowest BCUT2D eigenvalue weighted by molar-refractivity contribution is -0.0469. The van der Waals surface area contributed by atoms with Gasteiger partial charge < -0.3 is 9.47 Å². The van der Waals surface area contributed by atoms with Crippen LogP contribution in [0.3, 0.4) is 0 Å². The lowest BCUT2D eigenvalue weighted by Gasteiger charge is -2.28. The molecule has 0 N–H and O–H groups in total. The zero-order valence-electron chi connectivity index (χ0n) is 13.7. The molecule has 5 nitrogen and oxygen atoms in total. The maximum atomic E-state index is 6.11. The normalized spacial score (nSPS) is 22.0. The molecule has 2 aromatic carbocycles. The summed E-state index contributed by atoms with van der Waals surface area (Å²) in [5, 5.41) is 8.62. The first kappa shape index (κ1) is 15.3. The predicted molar refractivity (Wildman–Crippen MR) is 91.4 cm³/mol. The quantitative estimate of drug-likeness (QED) is 0.717. The lowest BCUT2D eigenvalue weighted by Crippen LogP contribution is -2.24. The first-order valence-corrected chi connectivity index (χ1v) is 8.46. The molecule has 5 heteroatoms. The summed E-state index contributed by atoms with van der Waals surface area (Å²) in [5.74, 6) is 0.206. The maximum absolute atomic E-state index is 6.11. The summed E-state index contributed by atoms with van der Waals surface area (Å²) in [6, 6.07) is 18.4. The highest BCUT2D eigenvalue weighted by atomic mass is 16.5. The van der Waals surface area contributed by atoms with Crippen LogP contribution < -0.4 is 0 Å². The average molecular weight is 323 g/mol. The van der Waals surface area contributed by atoms with E-state index in [1.807, 2.05) is 41.9 Å². The molecular weight excluding hydrogens is 302 g/mol. The van der Waals surface area contributed by atoms with E-state index in [1.165, 1.54) is 5.56 Å². The van der Waals surface area contributed by atoms with Gasteiger partial charge in [0, 0.05) is 19.1 Å². The monoisotopic (exact) mass is 323 g/mol. The summed E-state index contributed by atoms with van der Waals surface area (Å²) in [7, 11) is 0. The van der Waals surface area contributed by atoms with E-state index in [2.05, 4.69) is 34.6 Å². The summed E-state index contributed by atoms with van der Waals surface area (Å²) < 4.78 is 14.1. The van der Waals surface area contributed by atoms with Crippen LogP contribution in [0.25, 0.3) is 11.0 Å². The Bertz CT molecular complexity index is 802. The van der Waals surface area contributed by atoms with Crippen molar-refractivity contribution in [3.8, 4) is 0 Å². The van der Waals surface area contributed by atoms with Crippen molar-refractivity contribution in [3.63, 3.8) is 0 Å². The Morgan fingerprint density at radius 1 is 1.17 bits per heavy atom. The van der Waals surface area contributed by atoms with Gasteiger partial charge in [-0.3, -0.25) is 0 Å². The molecule has 0 unspecified atom stereocenters. The number of nitrogens with zero attached hydrogens (tertiary/aromatic N) is 3. The van der Waals surface area contributed by atoms with Gasteiger partial charge in [0.2, 0.25) is 0 Å². The van der Waals surface area contributed by atoms with Crippen LogP contribution in [0.5, 0.6) is 0 Å². The van der Waals surface area contributed by atoms with Crippen molar-refractivity contribution in [2.75, 3.05) is 13.2 Å². The first-order valence-electron chi connectivity index (χ1n) is 8.46. The third-order valence-electron chi connectivity index (χ3n) is 4.59. The van der Waals surface area contributed by atoms with Crippen LogP contribution in [0.1, 0.15) is 31.2 Å². The van der Waals surface area contributed by atoms with Gasteiger partial charge in [-0.1, -0.05) is 47.7 Å². The molecule has 0 spiro atoms. The average Bonchev–Trinajstić information content (AvgIpc) is 3.27. The second-order valence-corrected chi connectivity index (χ2v) is 6.02. The van der Waals surface area contributed by atoms with Crippen LogP contribution >= 0.6 is 0 Å². The van der Waals surface area contributed by atoms with Gasteiger partial charge in [-0.2, -0.15) is 0 Å². The standard InChI is InChI=1S/C19H21N3O2/c1-2-23-18(14-8-4-3-5-9-14)15-12-13-24-19(15)22-17-11-7-6-10-16(17)20-21-22/h3-11,15,18-19H,2,12-13H2,1H3/t15-,18+,19+/m1/s1. The summed E-state index contributed by atoms with van der Waals surface area (Å²) in [6.07, 6.45) is 0.777. The van der Waals surface area contributed by atoms with E-state index >= 15 is 0 Å². The van der Waals surface area contributed by atoms with Gasteiger partial charge in [0.15, 0.2) is 6.23 Å². The molecule has 0 aliphatic carbocycles. The van der Waals surface area contributed by atoms with Gasteiger partial charge in [0.1, 0.15) is 5.52 Å². The molecule has 2 heterocycles. The molecule has 4 rings (SSSR count). The van der Waals surface area contributed by atoms with E-state index in [1.54, 1.807) is 0 Å². The number of para-hydroxylation sites is 1. The van der Waals surface area contributed by atoms with Crippen molar-refractivity contribution in [1.82, 2.24) is 15.0 Å². The van der Waals surface area contributed by atoms with Crippen molar-refractivity contribution in [2.45, 2.75) is 25.7 Å². The van der Waals surface area contributed by atoms with Gasteiger partial charge in [-0.05, 0) is 31.0 Å². The Labute approximate surface area is 141 Å². The fourth-order valence-electron chi connectivity index (χ4n) is 3.51. The van der Waals surface area contributed by atoms with E-state index in [9.17, 15) is 0 Å². The van der Waals surface area contributed by atoms with Gasteiger partial charge in [-0.25, -0.2) is 4.68 Å². The molecule has 24 heavy (non-hydrogen) atoms. The highest BCUT2D eigenvalue weighted by Crippen LogP contribution is 2.41. The zero-order valence-corrected chi connectivity index (χ0v) is 13.7. The van der Waals surface area contributed by atoms with Gasteiger partial charge in [0.25, 0.3) is 0 Å². The van der Waals surface area contributed by atoms with E-state index in [4.69, 9.17) is 9.47 Å². The Balaban J connectivity index is 1.71. The molecule has 1 fully saturated rings. The van der Waals surface area contributed by atoms with Crippen molar-refractivity contribution in [1.29, 1.82) is 0 Å². The van der Waals surface area contributed by atoms with Crippen LogP contribution in [-0.2, 0) is 9.47 Å². The third-order valence-corrected chi connectivity index (χ3v) is 4.59. The summed E-state index contributed by atoms with van der Waals surface area (Å²) >= 11 is 0. The molecule has 0 saturated carbocycles. The van der Waals surface area contributed by atoms with Crippen LogP contribution in [-0.4, -0.2) is 28.2 Å². The number of benzene rings is 2. The summed E-state index contributed by atoms with van der Waals surface area (Å²) in [6.45, 7) is 3.41. The van der Waals surface area contributed by atoms with Crippen LogP contribution in [0.15, 0.2) is 54.6 Å². The second kappa shape index (κ2) is 6.71. The first-order chi connectivity index (χ1) is 11.9. The molecule has 1 aromatic heterocycles. The molecule has 1 saturated heterocycles. The van der Waals surface area contributed by atoms with Gasteiger partial charge >= 0.3 is 0 Å². The minimum Gasteiger partial charge on any atom is -0.373 e. The second-order valence-electron chi connectivity index (χ2n) is 6.02. The lowest BCUT2D eigenvalue weighted by atomic mass is 9.92. The van der Waals surface area contributed by atoms with E-state index in [0.717, 1.165) is 17.5 Å². The van der Waals surface area contributed by atoms with Gasteiger partial charge in [-0.15, -0.1) is 5.10 Å². The molecule has 3 aromatic rings. The number of hydrogen-bond acceptors (Lipinski definition) is 4. The fraction of sp³-hybridized carbons (Fsp3) is 0.368. The fourth-order valence-corrected chi connectivity index (χ4v) is 3.51. The van der Waals surface area contributed by atoms with E-state index < -0.39 is 0 Å². The van der Waals surface area contributed by atoms with Crippen LogP contribution in [0.4, 0.5) is 0 Å². The number of fused-ring (bicyclic) bond motifs is 1. The third kappa shape index (κ3) is 2.70. The van der Waals surface area contributed by atoms with E-state index in [0.29, 0.717) is 13.2 Å². The SMILES string of the molecule is CCO[C@@H](c1ccccc1)[C@H]1CCO[C@@H]1n1nnc2ccccc21. The maximum Gasteiger partial charge on any atom is 0.158 e.